The summed E-state index contributed by atoms with van der Waals surface area (Å²) in [6.07, 6.45) is 5.85. The van der Waals surface area contributed by atoms with Crippen LogP contribution in [0.15, 0.2) is 54.9 Å². The van der Waals surface area contributed by atoms with E-state index in [0.717, 1.165) is 22.2 Å². The number of pyridine rings is 1. The van der Waals surface area contributed by atoms with E-state index in [1.165, 1.54) is 0 Å². The highest BCUT2D eigenvalue weighted by atomic mass is 14.9. The van der Waals surface area contributed by atoms with E-state index in [1.807, 2.05) is 42.6 Å². The number of benzene rings is 1. The zero-order valence-corrected chi connectivity index (χ0v) is 9.09. The Hall–Kier alpha value is -2.60. The number of nitriles is 1. The standard InChI is InChI=1S/C14H9N3/c15-10-17-8-4-3-7-14(17)12-9-16-13-6-2-1-5-11(12)13/h1-9H/p+1. The van der Waals surface area contributed by atoms with Crippen LogP contribution in [-0.2, 0) is 0 Å². The van der Waals surface area contributed by atoms with Crippen LogP contribution < -0.4 is 4.57 Å². The van der Waals surface area contributed by atoms with Crippen LogP contribution in [-0.4, -0.2) is 4.98 Å². The molecule has 0 atom stereocenters. The summed E-state index contributed by atoms with van der Waals surface area (Å²) in [6, 6.07) is 13.8. The molecule has 0 aliphatic carbocycles. The number of para-hydroxylation sites is 1. The maximum absolute atomic E-state index is 9.09. The predicted molar refractivity (Wildman–Crippen MR) is 64.9 cm³/mol. The van der Waals surface area contributed by atoms with Crippen LogP contribution in [0.25, 0.3) is 22.2 Å². The Morgan fingerprint density at radius 3 is 2.76 bits per heavy atom. The van der Waals surface area contributed by atoms with Gasteiger partial charge in [0.2, 0.25) is 0 Å². The number of aromatic amines is 1. The number of hydrogen-bond acceptors (Lipinski definition) is 1. The molecule has 0 bridgehead atoms. The summed E-state index contributed by atoms with van der Waals surface area (Å²) in [7, 11) is 0. The minimum Gasteiger partial charge on any atom is -0.360 e. The fraction of sp³-hybridized carbons (Fsp3) is 0. The molecule has 1 aromatic carbocycles. The molecule has 0 aliphatic rings. The highest BCUT2D eigenvalue weighted by molar-refractivity contribution is 5.93. The van der Waals surface area contributed by atoms with Crippen LogP contribution in [0.3, 0.4) is 0 Å². The van der Waals surface area contributed by atoms with Gasteiger partial charge in [0.25, 0.3) is 0 Å². The Kier molecular flexibility index (Phi) is 2.13. The molecule has 0 radical (unpaired) electrons. The topological polar surface area (TPSA) is 43.5 Å². The van der Waals surface area contributed by atoms with E-state index < -0.39 is 0 Å². The van der Waals surface area contributed by atoms with Gasteiger partial charge >= 0.3 is 6.19 Å². The monoisotopic (exact) mass is 220 g/mol. The number of nitrogens with one attached hydrogen (secondary N) is 1. The third kappa shape index (κ3) is 1.47. The van der Waals surface area contributed by atoms with Crippen LogP contribution in [0.5, 0.6) is 0 Å². The average molecular weight is 220 g/mol. The van der Waals surface area contributed by atoms with E-state index in [1.54, 1.807) is 10.8 Å². The number of nitrogens with zero attached hydrogens (tertiary/aromatic N) is 2. The second kappa shape index (κ2) is 3.76. The van der Waals surface area contributed by atoms with Crippen LogP contribution in [0.2, 0.25) is 0 Å². The van der Waals surface area contributed by atoms with Gasteiger partial charge in [-0.05, 0) is 18.2 Å². The Bertz CT molecular complexity index is 719. The lowest BCUT2D eigenvalue weighted by Crippen LogP contribution is -2.29. The normalized spacial score (nSPS) is 10.3. The van der Waals surface area contributed by atoms with Crippen molar-refractivity contribution in [1.29, 1.82) is 5.26 Å². The van der Waals surface area contributed by atoms with Gasteiger partial charge in [-0.2, -0.15) is 0 Å². The largest absolute Gasteiger partial charge is 0.464 e. The molecular weight excluding hydrogens is 210 g/mol. The summed E-state index contributed by atoms with van der Waals surface area (Å²) in [5.41, 5.74) is 3.02. The fourth-order valence-corrected chi connectivity index (χ4v) is 2.03. The summed E-state index contributed by atoms with van der Waals surface area (Å²) in [5, 5.41) is 10.2. The lowest BCUT2D eigenvalue weighted by Gasteiger charge is -1.98. The average Bonchev–Trinajstić information content (AvgIpc) is 2.82. The van der Waals surface area contributed by atoms with E-state index >= 15 is 0 Å². The van der Waals surface area contributed by atoms with E-state index in [4.69, 9.17) is 5.26 Å². The van der Waals surface area contributed by atoms with Crippen LogP contribution in [0.4, 0.5) is 0 Å². The van der Waals surface area contributed by atoms with Gasteiger partial charge in [0, 0.05) is 22.7 Å². The zero-order chi connectivity index (χ0) is 11.7. The van der Waals surface area contributed by atoms with Gasteiger partial charge in [-0.1, -0.05) is 24.3 Å². The van der Waals surface area contributed by atoms with Crippen molar-refractivity contribution in [3.63, 3.8) is 0 Å². The quantitative estimate of drug-likeness (QED) is 0.629. The van der Waals surface area contributed by atoms with E-state index in [0.29, 0.717) is 0 Å². The third-order valence-corrected chi connectivity index (χ3v) is 2.83. The van der Waals surface area contributed by atoms with Gasteiger partial charge in [0.15, 0.2) is 11.0 Å². The Balaban J connectivity index is 2.32. The second-order valence-electron chi connectivity index (χ2n) is 3.80. The van der Waals surface area contributed by atoms with Crippen LogP contribution >= 0.6 is 0 Å². The van der Waals surface area contributed by atoms with Crippen molar-refractivity contribution < 1.29 is 4.57 Å². The molecule has 80 valence electrons. The number of fused-ring (bicyclic) bond motifs is 1. The number of hydrogen-bond donors (Lipinski definition) is 1. The first-order valence-corrected chi connectivity index (χ1v) is 5.37. The molecule has 0 saturated carbocycles. The van der Waals surface area contributed by atoms with Crippen molar-refractivity contribution in [1.82, 2.24) is 4.98 Å². The van der Waals surface area contributed by atoms with Crippen molar-refractivity contribution in [2.24, 2.45) is 0 Å². The molecule has 3 aromatic rings. The molecule has 0 aliphatic heterocycles. The summed E-state index contributed by atoms with van der Waals surface area (Å²) < 4.78 is 1.57. The second-order valence-corrected chi connectivity index (χ2v) is 3.80. The van der Waals surface area contributed by atoms with E-state index in [-0.39, 0.29) is 0 Å². The van der Waals surface area contributed by atoms with Gasteiger partial charge in [0.1, 0.15) is 6.20 Å². The van der Waals surface area contributed by atoms with Crippen molar-refractivity contribution in [2.45, 2.75) is 0 Å². The summed E-state index contributed by atoms with van der Waals surface area (Å²) >= 11 is 0. The third-order valence-electron chi connectivity index (χ3n) is 2.83. The SMILES string of the molecule is N#C[n+]1ccccc1-c1c[nH]c2ccccc12. The molecule has 2 heterocycles. The lowest BCUT2D eigenvalue weighted by atomic mass is 10.1. The molecule has 3 heteroatoms. The molecule has 0 amide bonds. The first-order chi connectivity index (χ1) is 8.40. The van der Waals surface area contributed by atoms with Crippen LogP contribution in [0.1, 0.15) is 0 Å². The maximum Gasteiger partial charge on any atom is 0.464 e. The Labute approximate surface area is 98.6 Å². The molecule has 3 nitrogen and oxygen atoms in total. The Morgan fingerprint density at radius 2 is 1.88 bits per heavy atom. The van der Waals surface area contributed by atoms with E-state index in [2.05, 4.69) is 17.2 Å². The number of H-pyrrole nitrogens is 1. The lowest BCUT2D eigenvalue weighted by molar-refractivity contribution is -0.574. The predicted octanol–water partition coefficient (Wildman–Crippen LogP) is 2.45. The summed E-state index contributed by atoms with van der Waals surface area (Å²) in [4.78, 5) is 3.22. The van der Waals surface area contributed by atoms with E-state index in [9.17, 15) is 0 Å². The highest BCUT2D eigenvalue weighted by Crippen LogP contribution is 2.25. The van der Waals surface area contributed by atoms with Gasteiger partial charge in [-0.25, -0.2) is 0 Å². The fourth-order valence-electron chi connectivity index (χ4n) is 2.03. The molecule has 0 saturated heterocycles. The first kappa shape index (κ1) is 9.61. The zero-order valence-electron chi connectivity index (χ0n) is 9.09. The smallest absolute Gasteiger partial charge is 0.360 e. The number of aromatic nitrogens is 2. The Morgan fingerprint density at radius 1 is 1.06 bits per heavy atom. The molecule has 2 aromatic heterocycles. The molecule has 0 spiro atoms. The van der Waals surface area contributed by atoms with Crippen molar-refractivity contribution >= 4 is 10.9 Å². The van der Waals surface area contributed by atoms with Crippen molar-refractivity contribution in [2.75, 3.05) is 0 Å². The molecule has 0 fully saturated rings. The minimum atomic E-state index is 0.896. The first-order valence-electron chi connectivity index (χ1n) is 5.37. The molecule has 3 rings (SSSR count). The molecule has 17 heavy (non-hydrogen) atoms. The summed E-state index contributed by atoms with van der Waals surface area (Å²) in [6.45, 7) is 0. The summed E-state index contributed by atoms with van der Waals surface area (Å²) in [5.74, 6) is 0. The van der Waals surface area contributed by atoms with Gasteiger partial charge in [-0.15, -0.1) is 4.57 Å². The van der Waals surface area contributed by atoms with Crippen LogP contribution in [0, 0.1) is 11.5 Å². The molecular formula is C14H10N3+. The van der Waals surface area contributed by atoms with Gasteiger partial charge in [0.05, 0.1) is 0 Å². The van der Waals surface area contributed by atoms with Gasteiger partial charge in [-0.3, -0.25) is 0 Å². The minimum absolute atomic E-state index is 0.896. The number of rotatable bonds is 1. The van der Waals surface area contributed by atoms with Crippen molar-refractivity contribution in [3.8, 4) is 17.5 Å². The highest BCUT2D eigenvalue weighted by Gasteiger charge is 2.12. The molecule has 1 N–H and O–H groups in total. The van der Waals surface area contributed by atoms with Gasteiger partial charge < -0.3 is 4.98 Å². The molecule has 0 unspecified atom stereocenters. The maximum atomic E-state index is 9.09. The van der Waals surface area contributed by atoms with Crippen molar-refractivity contribution in [3.05, 3.63) is 54.9 Å².